The van der Waals surface area contributed by atoms with Crippen molar-refractivity contribution in [2.24, 2.45) is 0 Å². The maximum atomic E-state index is 12.5. The summed E-state index contributed by atoms with van der Waals surface area (Å²) in [5.74, 6) is -0.972. The summed E-state index contributed by atoms with van der Waals surface area (Å²) >= 11 is 0. The number of hydrogen-bond donors (Lipinski definition) is 0. The van der Waals surface area contributed by atoms with Crippen molar-refractivity contribution in [1.82, 2.24) is 0 Å². The molecule has 2 aromatic heterocycles. The van der Waals surface area contributed by atoms with Crippen LogP contribution < -0.4 is 11.1 Å². The summed E-state index contributed by atoms with van der Waals surface area (Å²) in [6.45, 7) is 5.50. The fourth-order valence-corrected chi connectivity index (χ4v) is 3.23. The van der Waals surface area contributed by atoms with E-state index in [0.717, 1.165) is 22.8 Å². The zero-order valence-corrected chi connectivity index (χ0v) is 16.2. The predicted octanol–water partition coefficient (Wildman–Crippen LogP) is 4.18. The first-order chi connectivity index (χ1) is 13.8. The van der Waals surface area contributed by atoms with Gasteiger partial charge in [-0.1, -0.05) is 23.8 Å². The molecule has 0 aliphatic carbocycles. The van der Waals surface area contributed by atoms with Gasteiger partial charge in [0.2, 0.25) is 5.76 Å². The molecule has 0 aliphatic heterocycles. The van der Waals surface area contributed by atoms with Gasteiger partial charge in [0.15, 0.2) is 5.43 Å². The summed E-state index contributed by atoms with van der Waals surface area (Å²) < 4.78 is 16.2. The predicted molar refractivity (Wildman–Crippen MR) is 108 cm³/mol. The highest BCUT2D eigenvalue weighted by molar-refractivity contribution is 5.89. The average molecular weight is 390 g/mol. The second-order valence-corrected chi connectivity index (χ2v) is 7.03. The molecule has 2 aromatic carbocycles. The van der Waals surface area contributed by atoms with E-state index in [4.69, 9.17) is 13.6 Å². The van der Waals surface area contributed by atoms with Gasteiger partial charge in [-0.2, -0.15) is 0 Å². The molecule has 6 nitrogen and oxygen atoms in total. The highest BCUT2D eigenvalue weighted by atomic mass is 16.5. The van der Waals surface area contributed by atoms with Crippen LogP contribution in [-0.4, -0.2) is 5.97 Å². The van der Waals surface area contributed by atoms with Gasteiger partial charge >= 0.3 is 11.6 Å². The summed E-state index contributed by atoms with van der Waals surface area (Å²) in [7, 11) is 0. The Bertz CT molecular complexity index is 1390. The molecule has 4 aromatic rings. The lowest BCUT2D eigenvalue weighted by molar-refractivity contribution is 0.0438. The third kappa shape index (κ3) is 3.45. The van der Waals surface area contributed by atoms with Gasteiger partial charge < -0.3 is 13.6 Å². The van der Waals surface area contributed by atoms with Crippen molar-refractivity contribution in [3.05, 3.63) is 91.1 Å². The van der Waals surface area contributed by atoms with Gasteiger partial charge in [0.05, 0.1) is 5.39 Å². The Balaban J connectivity index is 1.66. The summed E-state index contributed by atoms with van der Waals surface area (Å²) in [4.78, 5) is 36.7. The van der Waals surface area contributed by atoms with Crippen molar-refractivity contribution in [1.29, 1.82) is 0 Å². The quantitative estimate of drug-likeness (QED) is 0.385. The van der Waals surface area contributed by atoms with Crippen LogP contribution in [0.5, 0.6) is 0 Å². The summed E-state index contributed by atoms with van der Waals surface area (Å²) in [6.07, 6.45) is 0. The van der Waals surface area contributed by atoms with E-state index in [1.807, 2.05) is 32.9 Å². The second-order valence-electron chi connectivity index (χ2n) is 7.03. The van der Waals surface area contributed by atoms with Crippen LogP contribution in [0.15, 0.2) is 60.9 Å². The van der Waals surface area contributed by atoms with Crippen LogP contribution in [0.1, 0.15) is 32.8 Å². The van der Waals surface area contributed by atoms with E-state index >= 15 is 0 Å². The monoisotopic (exact) mass is 390 g/mol. The molecule has 0 saturated heterocycles. The molecule has 0 atom stereocenters. The zero-order valence-electron chi connectivity index (χ0n) is 16.2. The molecule has 6 heteroatoms. The van der Waals surface area contributed by atoms with Crippen molar-refractivity contribution in [3.63, 3.8) is 0 Å². The lowest BCUT2D eigenvalue weighted by Gasteiger charge is -2.09. The molecule has 0 fully saturated rings. The number of carbonyl (C=O) groups excluding carboxylic acids is 1. The van der Waals surface area contributed by atoms with E-state index in [1.165, 1.54) is 6.07 Å². The number of esters is 1. The fourth-order valence-electron chi connectivity index (χ4n) is 3.23. The Morgan fingerprint density at radius 2 is 1.72 bits per heavy atom. The van der Waals surface area contributed by atoms with Gasteiger partial charge in [0.1, 0.15) is 17.8 Å². The standard InChI is InChI=1S/C23H18O6/c1-12-4-7-19-17(8-12)18(24)10-20(28-19)23(26)27-11-15-9-21(25)29-22-14(3)13(2)5-6-16(15)22/h4-10H,11H2,1-3H3. The first-order valence-electron chi connectivity index (χ1n) is 9.08. The molecular formula is C23H18O6. The first kappa shape index (κ1) is 18.7. The van der Waals surface area contributed by atoms with Gasteiger partial charge in [0.25, 0.3) is 0 Å². The van der Waals surface area contributed by atoms with Crippen molar-refractivity contribution in [3.8, 4) is 0 Å². The molecule has 29 heavy (non-hydrogen) atoms. The molecule has 0 bridgehead atoms. The molecule has 0 radical (unpaired) electrons. The molecule has 2 heterocycles. The fraction of sp³-hybridized carbons (Fsp3) is 0.174. The maximum Gasteiger partial charge on any atom is 0.374 e. The zero-order chi connectivity index (χ0) is 20.7. The SMILES string of the molecule is Cc1ccc2oc(C(=O)OCc3cc(=O)oc4c(C)c(C)ccc34)cc(=O)c2c1. The van der Waals surface area contributed by atoms with Crippen molar-refractivity contribution >= 4 is 27.9 Å². The smallest absolute Gasteiger partial charge is 0.374 e. The summed E-state index contributed by atoms with van der Waals surface area (Å²) in [5.41, 5.74) is 3.21. The van der Waals surface area contributed by atoms with E-state index in [9.17, 15) is 14.4 Å². The van der Waals surface area contributed by atoms with E-state index in [0.29, 0.717) is 27.5 Å². The molecule has 0 amide bonds. The molecule has 0 spiro atoms. The molecule has 0 saturated carbocycles. The van der Waals surface area contributed by atoms with Gasteiger partial charge in [-0.15, -0.1) is 0 Å². The summed E-state index contributed by atoms with van der Waals surface area (Å²) in [6, 6.07) is 11.3. The Kier molecular flexibility index (Phi) is 4.54. The average Bonchev–Trinajstić information content (AvgIpc) is 2.69. The normalized spacial score (nSPS) is 11.1. The largest absolute Gasteiger partial charge is 0.455 e. The third-order valence-corrected chi connectivity index (χ3v) is 4.96. The van der Waals surface area contributed by atoms with Crippen LogP contribution in [0.2, 0.25) is 0 Å². The maximum absolute atomic E-state index is 12.5. The number of ether oxygens (including phenoxy) is 1. The van der Waals surface area contributed by atoms with E-state index in [2.05, 4.69) is 0 Å². The minimum Gasteiger partial charge on any atom is -0.455 e. The number of aryl methyl sites for hydroxylation is 3. The van der Waals surface area contributed by atoms with Gasteiger partial charge in [-0.05, 0) is 44.0 Å². The lowest BCUT2D eigenvalue weighted by Crippen LogP contribution is -2.11. The molecule has 4 rings (SSSR count). The molecular weight excluding hydrogens is 372 g/mol. The Hall–Kier alpha value is -3.67. The lowest BCUT2D eigenvalue weighted by atomic mass is 10.0. The third-order valence-electron chi connectivity index (χ3n) is 4.96. The number of benzene rings is 2. The van der Waals surface area contributed by atoms with Crippen LogP contribution in [0.25, 0.3) is 21.9 Å². The number of hydrogen-bond acceptors (Lipinski definition) is 6. The molecule has 0 unspecified atom stereocenters. The Morgan fingerprint density at radius 3 is 2.52 bits per heavy atom. The Morgan fingerprint density at radius 1 is 0.931 bits per heavy atom. The molecule has 0 N–H and O–H groups in total. The van der Waals surface area contributed by atoms with Crippen molar-refractivity contribution in [2.75, 3.05) is 0 Å². The second kappa shape index (κ2) is 7.05. The molecule has 0 aliphatic rings. The minimum absolute atomic E-state index is 0.154. The first-order valence-corrected chi connectivity index (χ1v) is 9.08. The van der Waals surface area contributed by atoms with Crippen molar-refractivity contribution in [2.45, 2.75) is 27.4 Å². The highest BCUT2D eigenvalue weighted by Crippen LogP contribution is 2.24. The van der Waals surface area contributed by atoms with Crippen LogP contribution in [-0.2, 0) is 11.3 Å². The highest BCUT2D eigenvalue weighted by Gasteiger charge is 2.16. The van der Waals surface area contributed by atoms with Crippen LogP contribution >= 0.6 is 0 Å². The minimum atomic E-state index is -0.783. The molecule has 146 valence electrons. The van der Waals surface area contributed by atoms with Gasteiger partial charge in [0, 0.05) is 23.1 Å². The van der Waals surface area contributed by atoms with Crippen LogP contribution in [0, 0.1) is 20.8 Å². The van der Waals surface area contributed by atoms with Gasteiger partial charge in [-0.3, -0.25) is 4.79 Å². The topological polar surface area (TPSA) is 86.7 Å². The van der Waals surface area contributed by atoms with Crippen molar-refractivity contribution < 1.29 is 18.4 Å². The number of fused-ring (bicyclic) bond motifs is 2. The number of carbonyl (C=O) groups is 1. The Labute approximate surface area is 165 Å². The van der Waals surface area contributed by atoms with Gasteiger partial charge in [-0.25, -0.2) is 9.59 Å². The van der Waals surface area contributed by atoms with Crippen LogP contribution in [0.3, 0.4) is 0 Å². The van der Waals surface area contributed by atoms with Crippen LogP contribution in [0.4, 0.5) is 0 Å². The van der Waals surface area contributed by atoms with E-state index in [1.54, 1.807) is 18.2 Å². The van der Waals surface area contributed by atoms with E-state index < -0.39 is 11.6 Å². The van der Waals surface area contributed by atoms with E-state index in [-0.39, 0.29) is 17.8 Å². The summed E-state index contributed by atoms with van der Waals surface area (Å²) in [5, 5.41) is 1.09. The number of rotatable bonds is 3.